The van der Waals surface area contributed by atoms with Crippen LogP contribution in [0.25, 0.3) is 11.4 Å². The molecule has 1 aliphatic rings. The minimum absolute atomic E-state index is 0.0520. The van der Waals surface area contributed by atoms with Gasteiger partial charge in [-0.25, -0.2) is 0 Å². The number of nitrogens with zero attached hydrogens (tertiary/aromatic N) is 3. The number of benzene rings is 2. The number of nitrogens with one attached hydrogen (secondary N) is 2. The first-order chi connectivity index (χ1) is 16.0. The zero-order chi connectivity index (χ0) is 23.2. The highest BCUT2D eigenvalue weighted by atomic mass is 32.1. The Morgan fingerprint density at radius 3 is 2.64 bits per heavy atom. The molecule has 1 fully saturated rings. The molecule has 4 rings (SSSR count). The second kappa shape index (κ2) is 10.8. The van der Waals surface area contributed by atoms with Gasteiger partial charge in [-0.2, -0.15) is 5.10 Å². The van der Waals surface area contributed by atoms with Gasteiger partial charge in [0.05, 0.1) is 7.11 Å². The van der Waals surface area contributed by atoms with Crippen LogP contribution >= 0.6 is 12.2 Å². The SMILES string of the molecule is COc1ccccc1CN1CCC(NC(=O)CCn2c(-c3ccc(C)cc3)n[nH]c2=S)CC1. The third-order valence-corrected chi connectivity index (χ3v) is 6.48. The van der Waals surface area contributed by atoms with Crippen LogP contribution in [0, 0.1) is 11.7 Å². The van der Waals surface area contributed by atoms with E-state index in [1.165, 1.54) is 11.1 Å². The van der Waals surface area contributed by atoms with E-state index < -0.39 is 0 Å². The molecule has 0 spiro atoms. The van der Waals surface area contributed by atoms with Gasteiger partial charge in [-0.1, -0.05) is 48.0 Å². The van der Waals surface area contributed by atoms with Crippen molar-refractivity contribution < 1.29 is 9.53 Å². The van der Waals surface area contributed by atoms with Crippen molar-refractivity contribution in [1.82, 2.24) is 25.0 Å². The molecule has 0 bridgehead atoms. The summed E-state index contributed by atoms with van der Waals surface area (Å²) in [6.45, 7) is 5.32. The maximum atomic E-state index is 12.6. The van der Waals surface area contributed by atoms with Crippen molar-refractivity contribution in [3.8, 4) is 17.1 Å². The molecule has 2 aromatic carbocycles. The van der Waals surface area contributed by atoms with E-state index in [1.54, 1.807) is 7.11 Å². The minimum Gasteiger partial charge on any atom is -0.496 e. The summed E-state index contributed by atoms with van der Waals surface area (Å²) in [7, 11) is 1.71. The Kier molecular flexibility index (Phi) is 7.57. The lowest BCUT2D eigenvalue weighted by atomic mass is 10.0. The summed E-state index contributed by atoms with van der Waals surface area (Å²) in [5.41, 5.74) is 3.37. The van der Waals surface area contributed by atoms with Crippen LogP contribution in [0.4, 0.5) is 0 Å². The Morgan fingerprint density at radius 2 is 1.91 bits per heavy atom. The highest BCUT2D eigenvalue weighted by molar-refractivity contribution is 7.71. The van der Waals surface area contributed by atoms with Crippen molar-refractivity contribution in [1.29, 1.82) is 0 Å². The van der Waals surface area contributed by atoms with Crippen LogP contribution in [-0.2, 0) is 17.9 Å². The van der Waals surface area contributed by atoms with Crippen molar-refractivity contribution in [2.45, 2.75) is 45.3 Å². The predicted octanol–water partition coefficient (Wildman–Crippen LogP) is 4.10. The van der Waals surface area contributed by atoms with E-state index >= 15 is 0 Å². The number of amides is 1. The van der Waals surface area contributed by atoms with Crippen molar-refractivity contribution in [3.63, 3.8) is 0 Å². The number of hydrogen-bond donors (Lipinski definition) is 2. The number of ether oxygens (including phenoxy) is 1. The molecule has 1 amide bonds. The Labute approximate surface area is 199 Å². The summed E-state index contributed by atoms with van der Waals surface area (Å²) >= 11 is 5.40. The Balaban J connectivity index is 1.27. The van der Waals surface area contributed by atoms with Crippen LogP contribution in [0.3, 0.4) is 0 Å². The molecule has 1 aliphatic heterocycles. The molecule has 0 atom stereocenters. The number of piperidine rings is 1. The summed E-state index contributed by atoms with van der Waals surface area (Å²) in [5.74, 6) is 1.74. The zero-order valence-corrected chi connectivity index (χ0v) is 20.0. The topological polar surface area (TPSA) is 75.2 Å². The normalized spacial score (nSPS) is 14.8. The van der Waals surface area contributed by atoms with Gasteiger partial charge in [0.1, 0.15) is 5.75 Å². The third kappa shape index (κ3) is 5.89. The molecule has 7 nitrogen and oxygen atoms in total. The molecule has 2 N–H and O–H groups in total. The first kappa shape index (κ1) is 23.2. The van der Waals surface area contributed by atoms with Crippen LogP contribution in [0.15, 0.2) is 48.5 Å². The number of likely N-dealkylation sites (tertiary alicyclic amines) is 1. The van der Waals surface area contributed by atoms with Crippen LogP contribution < -0.4 is 10.1 Å². The van der Waals surface area contributed by atoms with Gasteiger partial charge in [-0.05, 0) is 38.0 Å². The molecule has 0 aliphatic carbocycles. The smallest absolute Gasteiger partial charge is 0.222 e. The fourth-order valence-electron chi connectivity index (χ4n) is 4.27. The zero-order valence-electron chi connectivity index (χ0n) is 19.2. The lowest BCUT2D eigenvalue weighted by molar-refractivity contribution is -0.122. The molecule has 1 aromatic heterocycles. The monoisotopic (exact) mass is 465 g/mol. The number of methoxy groups -OCH3 is 1. The quantitative estimate of drug-likeness (QED) is 0.490. The summed E-state index contributed by atoms with van der Waals surface area (Å²) in [6.07, 6.45) is 2.26. The highest BCUT2D eigenvalue weighted by Gasteiger charge is 2.21. The molecule has 3 aromatic rings. The molecule has 0 unspecified atom stereocenters. The Morgan fingerprint density at radius 1 is 1.18 bits per heavy atom. The minimum atomic E-state index is 0.0520. The Hall–Kier alpha value is -2.97. The number of aromatic amines is 1. The predicted molar refractivity (Wildman–Crippen MR) is 132 cm³/mol. The summed E-state index contributed by atoms with van der Waals surface area (Å²) < 4.78 is 7.90. The molecule has 174 valence electrons. The summed E-state index contributed by atoms with van der Waals surface area (Å²) in [5, 5.41) is 10.4. The van der Waals surface area contributed by atoms with Crippen LogP contribution in [-0.4, -0.2) is 51.8 Å². The average molecular weight is 466 g/mol. The van der Waals surface area contributed by atoms with Gasteiger partial charge in [0.2, 0.25) is 5.91 Å². The number of rotatable bonds is 8. The number of para-hydroxylation sites is 1. The van der Waals surface area contributed by atoms with Gasteiger partial charge in [0.15, 0.2) is 10.6 Å². The standard InChI is InChI=1S/C25H31N5O2S/c1-18-7-9-19(10-8-18)24-27-28-25(33)30(24)16-13-23(31)26-21-11-14-29(15-12-21)17-20-5-3-4-6-22(20)32-2/h3-10,21H,11-17H2,1-2H3,(H,26,31)(H,28,33). The van der Waals surface area contributed by atoms with Crippen LogP contribution in [0.5, 0.6) is 5.75 Å². The highest BCUT2D eigenvalue weighted by Crippen LogP contribution is 2.22. The van der Waals surface area contributed by atoms with Gasteiger partial charge >= 0.3 is 0 Å². The van der Waals surface area contributed by atoms with Crippen LogP contribution in [0.2, 0.25) is 0 Å². The fourth-order valence-corrected chi connectivity index (χ4v) is 4.49. The molecule has 1 saturated heterocycles. The molecular formula is C25H31N5O2S. The molecule has 0 saturated carbocycles. The van der Waals surface area contributed by atoms with Gasteiger partial charge in [0.25, 0.3) is 0 Å². The average Bonchev–Trinajstić information content (AvgIpc) is 3.20. The second-order valence-electron chi connectivity index (χ2n) is 8.55. The maximum absolute atomic E-state index is 12.6. The third-order valence-electron chi connectivity index (χ3n) is 6.17. The van der Waals surface area contributed by atoms with E-state index in [2.05, 4.69) is 26.5 Å². The van der Waals surface area contributed by atoms with Gasteiger partial charge in [-0.3, -0.25) is 19.4 Å². The van der Waals surface area contributed by atoms with Crippen molar-refractivity contribution >= 4 is 18.1 Å². The van der Waals surface area contributed by atoms with E-state index in [4.69, 9.17) is 17.0 Å². The number of carbonyl (C=O) groups excluding carboxylic acids is 1. The maximum Gasteiger partial charge on any atom is 0.222 e. The molecular weight excluding hydrogens is 434 g/mol. The lowest BCUT2D eigenvalue weighted by Crippen LogP contribution is -2.44. The van der Waals surface area contributed by atoms with E-state index in [0.29, 0.717) is 17.7 Å². The van der Waals surface area contributed by atoms with E-state index in [-0.39, 0.29) is 11.9 Å². The second-order valence-corrected chi connectivity index (χ2v) is 8.94. The molecule has 33 heavy (non-hydrogen) atoms. The number of H-pyrrole nitrogens is 1. The molecule has 0 radical (unpaired) electrons. The van der Waals surface area contributed by atoms with Gasteiger partial charge in [0, 0.05) is 49.8 Å². The van der Waals surface area contributed by atoms with Crippen molar-refractivity contribution in [3.05, 3.63) is 64.4 Å². The number of carbonyl (C=O) groups is 1. The largest absolute Gasteiger partial charge is 0.496 e. The number of aromatic nitrogens is 3. The summed E-state index contributed by atoms with van der Waals surface area (Å²) in [4.78, 5) is 15.1. The van der Waals surface area contributed by atoms with E-state index in [9.17, 15) is 4.79 Å². The molecule has 8 heteroatoms. The Bertz CT molecular complexity index is 1130. The van der Waals surface area contributed by atoms with Crippen LogP contribution in [0.1, 0.15) is 30.4 Å². The van der Waals surface area contributed by atoms with E-state index in [0.717, 1.165) is 49.6 Å². The molecule has 2 heterocycles. The van der Waals surface area contributed by atoms with Gasteiger partial charge < -0.3 is 10.1 Å². The van der Waals surface area contributed by atoms with Crippen molar-refractivity contribution in [2.75, 3.05) is 20.2 Å². The lowest BCUT2D eigenvalue weighted by Gasteiger charge is -2.32. The summed E-state index contributed by atoms with van der Waals surface area (Å²) in [6, 6.07) is 16.5. The number of aryl methyl sites for hydroxylation is 1. The van der Waals surface area contributed by atoms with Gasteiger partial charge in [-0.15, -0.1) is 0 Å². The van der Waals surface area contributed by atoms with Crippen molar-refractivity contribution in [2.24, 2.45) is 0 Å². The van der Waals surface area contributed by atoms with E-state index in [1.807, 2.05) is 54.0 Å². The first-order valence-electron chi connectivity index (χ1n) is 11.4. The number of hydrogen-bond acceptors (Lipinski definition) is 5. The fraction of sp³-hybridized carbons (Fsp3) is 0.400. The first-order valence-corrected chi connectivity index (χ1v) is 11.8.